The summed E-state index contributed by atoms with van der Waals surface area (Å²) in [5, 5.41) is 13.0. The fraction of sp³-hybridized carbons (Fsp3) is 0.500. The summed E-state index contributed by atoms with van der Waals surface area (Å²) in [6.45, 7) is 4.77. The van der Waals surface area contributed by atoms with Crippen LogP contribution in [-0.2, 0) is 4.74 Å². The van der Waals surface area contributed by atoms with Crippen LogP contribution in [0.1, 0.15) is 24.6 Å². The number of oxime groups is 1. The number of hydrogen-bond acceptors (Lipinski definition) is 5. The van der Waals surface area contributed by atoms with Crippen molar-refractivity contribution in [1.29, 1.82) is 0 Å². The fourth-order valence-corrected chi connectivity index (χ4v) is 3.11. The van der Waals surface area contributed by atoms with Gasteiger partial charge in [-0.1, -0.05) is 5.16 Å². The van der Waals surface area contributed by atoms with Gasteiger partial charge in [-0.3, -0.25) is 0 Å². The second-order valence-electron chi connectivity index (χ2n) is 4.34. The Morgan fingerprint density at radius 3 is 3.00 bits per heavy atom. The zero-order valence-corrected chi connectivity index (χ0v) is 11.3. The third-order valence-electron chi connectivity index (χ3n) is 2.91. The molecular formula is C12H17N3O2S. The van der Waals surface area contributed by atoms with E-state index in [0.29, 0.717) is 10.8 Å². The zero-order chi connectivity index (χ0) is 13.1. The van der Waals surface area contributed by atoms with E-state index in [0.717, 1.165) is 23.7 Å². The molecule has 1 fully saturated rings. The number of hydrogen-bond donors (Lipinski definition) is 2. The Balaban J connectivity index is 2.20. The largest absolute Gasteiger partial charge is 0.409 e. The van der Waals surface area contributed by atoms with Crippen LogP contribution >= 0.6 is 11.8 Å². The van der Waals surface area contributed by atoms with Gasteiger partial charge in [-0.2, -0.15) is 0 Å². The van der Waals surface area contributed by atoms with Gasteiger partial charge < -0.3 is 15.7 Å². The summed E-state index contributed by atoms with van der Waals surface area (Å²) in [7, 11) is 0. The van der Waals surface area contributed by atoms with Gasteiger partial charge in [-0.05, 0) is 32.4 Å². The van der Waals surface area contributed by atoms with Crippen LogP contribution in [0.25, 0.3) is 0 Å². The highest BCUT2D eigenvalue weighted by molar-refractivity contribution is 7.99. The average molecular weight is 267 g/mol. The first-order valence-corrected chi connectivity index (χ1v) is 6.73. The van der Waals surface area contributed by atoms with Crippen molar-refractivity contribution < 1.29 is 9.94 Å². The fourth-order valence-electron chi connectivity index (χ4n) is 1.93. The first-order valence-electron chi connectivity index (χ1n) is 5.85. The van der Waals surface area contributed by atoms with E-state index >= 15 is 0 Å². The second kappa shape index (κ2) is 5.58. The Morgan fingerprint density at radius 1 is 1.61 bits per heavy atom. The molecule has 2 atom stereocenters. The van der Waals surface area contributed by atoms with Crippen LogP contribution in [0.4, 0.5) is 0 Å². The molecule has 0 radical (unpaired) electrons. The van der Waals surface area contributed by atoms with Crippen molar-refractivity contribution in [2.75, 3.05) is 6.61 Å². The van der Waals surface area contributed by atoms with E-state index in [1.165, 1.54) is 0 Å². The number of ether oxygens (including phenoxy) is 1. The molecule has 2 rings (SSSR count). The van der Waals surface area contributed by atoms with Crippen molar-refractivity contribution in [3.05, 3.63) is 23.4 Å². The molecule has 1 aliphatic heterocycles. The van der Waals surface area contributed by atoms with Gasteiger partial charge in [0, 0.05) is 23.1 Å². The van der Waals surface area contributed by atoms with Crippen molar-refractivity contribution in [1.82, 2.24) is 4.98 Å². The highest BCUT2D eigenvalue weighted by Gasteiger charge is 2.25. The third kappa shape index (κ3) is 2.94. The minimum absolute atomic E-state index is 0.109. The molecule has 1 aliphatic rings. The van der Waals surface area contributed by atoms with E-state index in [1.807, 2.05) is 13.0 Å². The summed E-state index contributed by atoms with van der Waals surface area (Å²) < 4.78 is 5.53. The van der Waals surface area contributed by atoms with Crippen LogP contribution in [0, 0.1) is 6.92 Å². The van der Waals surface area contributed by atoms with E-state index in [2.05, 4.69) is 17.1 Å². The van der Waals surface area contributed by atoms with Crippen LogP contribution in [0.3, 0.4) is 0 Å². The Labute approximate surface area is 110 Å². The highest BCUT2D eigenvalue weighted by Crippen LogP contribution is 2.31. The second-order valence-corrected chi connectivity index (χ2v) is 5.60. The van der Waals surface area contributed by atoms with E-state index in [4.69, 9.17) is 15.7 Å². The first kappa shape index (κ1) is 13.2. The van der Waals surface area contributed by atoms with Crippen LogP contribution < -0.4 is 5.73 Å². The number of thioether (sulfide) groups is 1. The topological polar surface area (TPSA) is 80.7 Å². The Hall–Kier alpha value is -1.27. The van der Waals surface area contributed by atoms with E-state index in [9.17, 15) is 0 Å². The SMILES string of the molecule is Cc1cc(/C(N)=N/O)cc(SC2CCOC2C)n1. The Kier molecular flexibility index (Phi) is 4.08. The maximum atomic E-state index is 8.71. The van der Waals surface area contributed by atoms with Gasteiger partial charge in [0.25, 0.3) is 0 Å². The Morgan fingerprint density at radius 2 is 2.39 bits per heavy atom. The molecule has 0 amide bonds. The summed E-state index contributed by atoms with van der Waals surface area (Å²) in [5.74, 6) is 0.109. The van der Waals surface area contributed by atoms with E-state index in [-0.39, 0.29) is 11.9 Å². The molecule has 98 valence electrons. The lowest BCUT2D eigenvalue weighted by atomic mass is 10.2. The maximum absolute atomic E-state index is 8.71. The number of pyridine rings is 1. The molecule has 0 bridgehead atoms. The molecule has 3 N–H and O–H groups in total. The summed E-state index contributed by atoms with van der Waals surface area (Å²) in [6, 6.07) is 3.64. The van der Waals surface area contributed by atoms with Crippen molar-refractivity contribution in [2.45, 2.75) is 36.6 Å². The van der Waals surface area contributed by atoms with E-state index < -0.39 is 0 Å². The van der Waals surface area contributed by atoms with Crippen LogP contribution in [0.15, 0.2) is 22.3 Å². The van der Waals surface area contributed by atoms with Gasteiger partial charge in [-0.15, -0.1) is 11.8 Å². The third-order valence-corrected chi connectivity index (χ3v) is 4.28. The highest BCUT2D eigenvalue weighted by atomic mass is 32.2. The summed E-state index contributed by atoms with van der Waals surface area (Å²) in [6.07, 6.45) is 1.27. The monoisotopic (exact) mass is 267 g/mol. The quantitative estimate of drug-likeness (QED) is 0.377. The molecule has 1 saturated heterocycles. The number of nitrogens with two attached hydrogens (primary N) is 1. The predicted molar refractivity (Wildman–Crippen MR) is 71.2 cm³/mol. The standard InChI is InChI=1S/C12H17N3O2S/c1-7-5-9(12(13)15-16)6-11(14-7)18-10-3-4-17-8(10)2/h5-6,8,10,16H,3-4H2,1-2H3,(H2,13,15). The molecule has 2 unspecified atom stereocenters. The smallest absolute Gasteiger partial charge is 0.170 e. The predicted octanol–water partition coefficient (Wildman–Crippen LogP) is 1.75. The number of nitrogens with zero attached hydrogens (tertiary/aromatic N) is 2. The van der Waals surface area contributed by atoms with E-state index in [1.54, 1.807) is 17.8 Å². The van der Waals surface area contributed by atoms with Crippen molar-refractivity contribution in [2.24, 2.45) is 10.9 Å². The van der Waals surface area contributed by atoms with Gasteiger partial charge in [0.05, 0.1) is 11.1 Å². The lowest BCUT2D eigenvalue weighted by molar-refractivity contribution is 0.127. The van der Waals surface area contributed by atoms with Gasteiger partial charge in [-0.25, -0.2) is 4.98 Å². The molecule has 2 heterocycles. The van der Waals surface area contributed by atoms with Crippen LogP contribution in [-0.4, -0.2) is 34.0 Å². The molecule has 1 aromatic heterocycles. The minimum atomic E-state index is 0.109. The normalized spacial score (nSPS) is 24.4. The maximum Gasteiger partial charge on any atom is 0.170 e. The number of aromatic nitrogens is 1. The number of amidine groups is 1. The van der Waals surface area contributed by atoms with Crippen molar-refractivity contribution >= 4 is 17.6 Å². The lowest BCUT2D eigenvalue weighted by Crippen LogP contribution is -2.15. The summed E-state index contributed by atoms with van der Waals surface area (Å²) in [5.41, 5.74) is 7.15. The lowest BCUT2D eigenvalue weighted by Gasteiger charge is -2.13. The number of rotatable bonds is 3. The van der Waals surface area contributed by atoms with Crippen LogP contribution in [0.2, 0.25) is 0 Å². The molecule has 0 aromatic carbocycles. The molecule has 6 heteroatoms. The van der Waals surface area contributed by atoms with Gasteiger partial charge in [0.2, 0.25) is 0 Å². The van der Waals surface area contributed by atoms with Gasteiger partial charge in [0.1, 0.15) is 0 Å². The zero-order valence-electron chi connectivity index (χ0n) is 10.5. The molecule has 0 spiro atoms. The summed E-state index contributed by atoms with van der Waals surface area (Å²) in [4.78, 5) is 4.46. The molecule has 0 saturated carbocycles. The average Bonchev–Trinajstić information content (AvgIpc) is 2.73. The molecular weight excluding hydrogens is 250 g/mol. The molecule has 5 nitrogen and oxygen atoms in total. The minimum Gasteiger partial charge on any atom is -0.409 e. The molecule has 1 aromatic rings. The van der Waals surface area contributed by atoms with Gasteiger partial charge in [0.15, 0.2) is 5.84 Å². The van der Waals surface area contributed by atoms with Crippen LogP contribution in [0.5, 0.6) is 0 Å². The van der Waals surface area contributed by atoms with Gasteiger partial charge >= 0.3 is 0 Å². The van der Waals surface area contributed by atoms with Crippen molar-refractivity contribution in [3.8, 4) is 0 Å². The summed E-state index contributed by atoms with van der Waals surface area (Å²) >= 11 is 1.69. The number of aryl methyl sites for hydroxylation is 1. The Bertz CT molecular complexity index is 465. The first-order chi connectivity index (χ1) is 8.60. The molecule has 0 aliphatic carbocycles. The van der Waals surface area contributed by atoms with Crippen molar-refractivity contribution in [3.63, 3.8) is 0 Å². The molecule has 18 heavy (non-hydrogen) atoms.